The number of carbonyl (C=O) groups excluding carboxylic acids is 1. The molecular weight excluding hydrogens is 270 g/mol. The van der Waals surface area contributed by atoms with Crippen molar-refractivity contribution in [3.8, 4) is 0 Å². The summed E-state index contributed by atoms with van der Waals surface area (Å²) in [6.45, 7) is 4.95. The van der Waals surface area contributed by atoms with Crippen molar-refractivity contribution in [1.29, 1.82) is 0 Å². The van der Waals surface area contributed by atoms with Crippen molar-refractivity contribution in [2.24, 2.45) is 5.92 Å². The zero-order valence-electron chi connectivity index (χ0n) is 10.2. The second-order valence-corrected chi connectivity index (χ2v) is 5.34. The molecule has 0 atom stereocenters. The van der Waals surface area contributed by atoms with E-state index >= 15 is 0 Å². The highest BCUT2D eigenvalue weighted by Crippen LogP contribution is 2.33. The van der Waals surface area contributed by atoms with Gasteiger partial charge in [-0.15, -0.1) is 0 Å². The fraction of sp³-hybridized carbons (Fsp3) is 0.917. The van der Waals surface area contributed by atoms with E-state index in [0.717, 1.165) is 24.1 Å². The molecule has 0 bridgehead atoms. The molecule has 0 aliphatic heterocycles. The number of alkyl halides is 1. The number of hydrogen-bond acceptors (Lipinski definition) is 2. The molecule has 16 heavy (non-hydrogen) atoms. The standard InChI is InChI=1S/C12H22BrNO2/c1-3-16-8-11(15)14-12(9-13)6-4-10(2)5-7-12/h10H,3-9H2,1-2H3,(H,14,15). The van der Waals surface area contributed by atoms with Crippen LogP contribution in [0.3, 0.4) is 0 Å². The van der Waals surface area contributed by atoms with E-state index in [1.807, 2.05) is 6.92 Å². The summed E-state index contributed by atoms with van der Waals surface area (Å²) in [5.74, 6) is 0.798. The minimum Gasteiger partial charge on any atom is -0.372 e. The molecule has 1 fully saturated rings. The highest BCUT2D eigenvalue weighted by Gasteiger charge is 2.34. The third-order valence-corrected chi connectivity index (χ3v) is 4.40. The lowest BCUT2D eigenvalue weighted by atomic mass is 9.78. The van der Waals surface area contributed by atoms with Gasteiger partial charge in [-0.1, -0.05) is 22.9 Å². The Morgan fingerprint density at radius 2 is 2.12 bits per heavy atom. The lowest BCUT2D eigenvalue weighted by Gasteiger charge is -2.38. The van der Waals surface area contributed by atoms with E-state index in [9.17, 15) is 4.79 Å². The first kappa shape index (κ1) is 14.0. The topological polar surface area (TPSA) is 38.3 Å². The molecule has 0 radical (unpaired) electrons. The molecule has 1 rings (SSSR count). The maximum atomic E-state index is 11.7. The monoisotopic (exact) mass is 291 g/mol. The van der Waals surface area contributed by atoms with Gasteiger partial charge in [0.25, 0.3) is 0 Å². The van der Waals surface area contributed by atoms with Crippen LogP contribution in [0.5, 0.6) is 0 Å². The fourth-order valence-corrected chi connectivity index (χ4v) is 2.83. The quantitative estimate of drug-likeness (QED) is 0.791. The van der Waals surface area contributed by atoms with Crippen LogP contribution in [-0.4, -0.2) is 30.0 Å². The number of amides is 1. The van der Waals surface area contributed by atoms with E-state index in [2.05, 4.69) is 28.2 Å². The number of nitrogens with one attached hydrogen (secondary N) is 1. The summed E-state index contributed by atoms with van der Waals surface area (Å²) < 4.78 is 5.12. The van der Waals surface area contributed by atoms with Gasteiger partial charge in [0, 0.05) is 17.5 Å². The minimum absolute atomic E-state index is 0.0100. The lowest BCUT2D eigenvalue weighted by molar-refractivity contribution is -0.127. The number of hydrogen-bond donors (Lipinski definition) is 1. The first-order valence-corrected chi connectivity index (χ1v) is 7.19. The minimum atomic E-state index is -0.0410. The summed E-state index contributed by atoms with van der Waals surface area (Å²) in [6, 6.07) is 0. The van der Waals surface area contributed by atoms with Crippen molar-refractivity contribution >= 4 is 21.8 Å². The van der Waals surface area contributed by atoms with E-state index in [-0.39, 0.29) is 18.1 Å². The highest BCUT2D eigenvalue weighted by atomic mass is 79.9. The van der Waals surface area contributed by atoms with Gasteiger partial charge in [-0.2, -0.15) is 0 Å². The Hall–Kier alpha value is -0.0900. The van der Waals surface area contributed by atoms with Crippen molar-refractivity contribution in [2.75, 3.05) is 18.5 Å². The molecule has 0 unspecified atom stereocenters. The van der Waals surface area contributed by atoms with Crippen LogP contribution in [0.4, 0.5) is 0 Å². The maximum Gasteiger partial charge on any atom is 0.246 e. The molecule has 0 saturated heterocycles. The summed E-state index contributed by atoms with van der Waals surface area (Å²) in [5, 5.41) is 3.96. The molecular formula is C12H22BrNO2. The van der Waals surface area contributed by atoms with E-state index < -0.39 is 0 Å². The first-order chi connectivity index (χ1) is 7.62. The second kappa shape index (κ2) is 6.60. The molecule has 0 aromatic rings. The largest absolute Gasteiger partial charge is 0.372 e. The van der Waals surface area contributed by atoms with Crippen molar-refractivity contribution < 1.29 is 9.53 Å². The Balaban J connectivity index is 2.44. The van der Waals surface area contributed by atoms with Crippen LogP contribution < -0.4 is 5.32 Å². The fourth-order valence-electron chi connectivity index (χ4n) is 2.13. The zero-order chi connectivity index (χ0) is 12.0. The molecule has 3 nitrogen and oxygen atoms in total. The number of carbonyl (C=O) groups is 1. The third kappa shape index (κ3) is 4.06. The molecule has 1 N–H and O–H groups in total. The van der Waals surface area contributed by atoms with Gasteiger partial charge < -0.3 is 10.1 Å². The summed E-state index contributed by atoms with van der Waals surface area (Å²) in [6.07, 6.45) is 4.52. The van der Waals surface area contributed by atoms with Gasteiger partial charge in [-0.25, -0.2) is 0 Å². The Labute approximate surface area is 106 Å². The molecule has 1 saturated carbocycles. The lowest BCUT2D eigenvalue weighted by Crippen LogP contribution is -2.53. The van der Waals surface area contributed by atoms with Crippen molar-refractivity contribution in [3.63, 3.8) is 0 Å². The SMILES string of the molecule is CCOCC(=O)NC1(CBr)CCC(C)CC1. The van der Waals surface area contributed by atoms with E-state index in [4.69, 9.17) is 4.74 Å². The van der Waals surface area contributed by atoms with E-state index in [1.54, 1.807) is 0 Å². The van der Waals surface area contributed by atoms with Crippen LogP contribution in [0.15, 0.2) is 0 Å². The van der Waals surface area contributed by atoms with E-state index in [1.165, 1.54) is 12.8 Å². The van der Waals surface area contributed by atoms with Gasteiger partial charge in [-0.05, 0) is 38.5 Å². The first-order valence-electron chi connectivity index (χ1n) is 6.06. The van der Waals surface area contributed by atoms with Crippen LogP contribution >= 0.6 is 15.9 Å². The van der Waals surface area contributed by atoms with Crippen LogP contribution in [0, 0.1) is 5.92 Å². The average Bonchev–Trinajstić information content (AvgIpc) is 2.30. The Morgan fingerprint density at radius 3 is 2.62 bits per heavy atom. The molecule has 94 valence electrons. The number of rotatable bonds is 5. The third-order valence-electron chi connectivity index (χ3n) is 3.33. The van der Waals surface area contributed by atoms with Crippen LogP contribution in [-0.2, 0) is 9.53 Å². The van der Waals surface area contributed by atoms with Gasteiger partial charge in [0.15, 0.2) is 0 Å². The zero-order valence-corrected chi connectivity index (χ0v) is 11.8. The van der Waals surface area contributed by atoms with Crippen LogP contribution in [0.2, 0.25) is 0 Å². The summed E-state index contributed by atoms with van der Waals surface area (Å²) in [7, 11) is 0. The second-order valence-electron chi connectivity index (χ2n) is 4.78. The van der Waals surface area contributed by atoms with Crippen LogP contribution in [0.1, 0.15) is 39.5 Å². The normalized spacial score (nSPS) is 30.1. The molecule has 0 aromatic carbocycles. The van der Waals surface area contributed by atoms with Crippen molar-refractivity contribution in [2.45, 2.75) is 45.1 Å². The Kier molecular flexibility index (Phi) is 5.76. The van der Waals surface area contributed by atoms with Gasteiger partial charge in [-0.3, -0.25) is 4.79 Å². The van der Waals surface area contributed by atoms with Crippen LogP contribution in [0.25, 0.3) is 0 Å². The smallest absolute Gasteiger partial charge is 0.246 e. The van der Waals surface area contributed by atoms with Gasteiger partial charge in [0.05, 0.1) is 0 Å². The molecule has 0 heterocycles. The maximum absolute atomic E-state index is 11.7. The molecule has 4 heteroatoms. The summed E-state index contributed by atoms with van der Waals surface area (Å²) in [5.41, 5.74) is -0.0410. The molecule has 1 aliphatic carbocycles. The van der Waals surface area contributed by atoms with Gasteiger partial charge >= 0.3 is 0 Å². The predicted molar refractivity (Wildman–Crippen MR) is 68.8 cm³/mol. The molecule has 0 aromatic heterocycles. The van der Waals surface area contributed by atoms with Gasteiger partial charge in [0.1, 0.15) is 6.61 Å². The Bertz CT molecular complexity index is 225. The summed E-state index contributed by atoms with van der Waals surface area (Å²) >= 11 is 3.53. The predicted octanol–water partition coefficient (Wildman–Crippen LogP) is 2.48. The molecule has 0 spiro atoms. The summed E-state index contributed by atoms with van der Waals surface area (Å²) in [4.78, 5) is 11.7. The van der Waals surface area contributed by atoms with E-state index in [0.29, 0.717) is 6.61 Å². The number of ether oxygens (including phenoxy) is 1. The van der Waals surface area contributed by atoms with Gasteiger partial charge in [0.2, 0.25) is 5.91 Å². The highest BCUT2D eigenvalue weighted by molar-refractivity contribution is 9.09. The molecule has 1 aliphatic rings. The Morgan fingerprint density at radius 1 is 1.50 bits per heavy atom. The molecule has 1 amide bonds. The number of halogens is 1. The van der Waals surface area contributed by atoms with Crippen molar-refractivity contribution in [3.05, 3.63) is 0 Å². The average molecular weight is 292 g/mol. The van der Waals surface area contributed by atoms with Crippen molar-refractivity contribution in [1.82, 2.24) is 5.32 Å².